The lowest BCUT2D eigenvalue weighted by atomic mass is 9.79. The average Bonchev–Trinajstić information content (AvgIpc) is 3.34. The van der Waals surface area contributed by atoms with Gasteiger partial charge < -0.3 is 24.0 Å². The Labute approximate surface area is 201 Å². The number of carbonyl (C=O) groups excluding carboxylic acids is 3. The van der Waals surface area contributed by atoms with Crippen molar-refractivity contribution >= 4 is 18.2 Å². The summed E-state index contributed by atoms with van der Waals surface area (Å²) >= 11 is 0. The molecule has 2 saturated heterocycles. The van der Waals surface area contributed by atoms with Crippen LogP contribution in [-0.2, 0) is 19.0 Å². The number of esters is 1. The van der Waals surface area contributed by atoms with Crippen LogP contribution in [0.3, 0.4) is 0 Å². The van der Waals surface area contributed by atoms with Gasteiger partial charge >= 0.3 is 18.2 Å². The van der Waals surface area contributed by atoms with Gasteiger partial charge in [0.1, 0.15) is 11.2 Å². The number of nitro groups is 1. The minimum Gasteiger partial charge on any atom is -0.469 e. The van der Waals surface area contributed by atoms with Crippen LogP contribution in [0.25, 0.3) is 0 Å². The number of likely N-dealkylation sites (tertiary alicyclic amines) is 2. The summed E-state index contributed by atoms with van der Waals surface area (Å²) in [5, 5.41) is 11.7. The van der Waals surface area contributed by atoms with Crippen molar-refractivity contribution in [3.05, 3.63) is 10.1 Å². The van der Waals surface area contributed by atoms with Gasteiger partial charge in [-0.2, -0.15) is 0 Å². The highest BCUT2D eigenvalue weighted by molar-refractivity contribution is 5.76. The molecule has 0 aliphatic carbocycles. The summed E-state index contributed by atoms with van der Waals surface area (Å²) in [6.45, 7) is 10.7. The molecule has 0 radical (unpaired) electrons. The third-order valence-electron chi connectivity index (χ3n) is 6.06. The molecular formula is C23H39N3O8. The molecule has 0 aromatic rings. The van der Waals surface area contributed by atoms with Crippen LogP contribution in [0.1, 0.15) is 67.2 Å². The van der Waals surface area contributed by atoms with E-state index in [9.17, 15) is 24.5 Å². The molecule has 4 atom stereocenters. The molecule has 11 heteroatoms. The van der Waals surface area contributed by atoms with Gasteiger partial charge in [-0.05, 0) is 67.2 Å². The molecule has 11 nitrogen and oxygen atoms in total. The van der Waals surface area contributed by atoms with E-state index >= 15 is 0 Å². The van der Waals surface area contributed by atoms with Gasteiger partial charge in [-0.1, -0.05) is 0 Å². The smallest absolute Gasteiger partial charge is 0.410 e. The molecule has 0 aromatic heterocycles. The zero-order valence-corrected chi connectivity index (χ0v) is 21.4. The van der Waals surface area contributed by atoms with Crippen molar-refractivity contribution in [1.82, 2.24) is 9.80 Å². The van der Waals surface area contributed by atoms with Crippen LogP contribution in [0.15, 0.2) is 0 Å². The summed E-state index contributed by atoms with van der Waals surface area (Å²) in [7, 11) is 1.23. The molecule has 2 amide bonds. The molecule has 34 heavy (non-hydrogen) atoms. The Morgan fingerprint density at radius 3 is 1.76 bits per heavy atom. The van der Waals surface area contributed by atoms with Crippen LogP contribution in [0.4, 0.5) is 9.59 Å². The summed E-state index contributed by atoms with van der Waals surface area (Å²) < 4.78 is 16.1. The molecule has 0 N–H and O–H groups in total. The van der Waals surface area contributed by atoms with Crippen LogP contribution in [0, 0.1) is 22.0 Å². The predicted octanol–water partition coefficient (Wildman–Crippen LogP) is 3.47. The number of ether oxygens (including phenoxy) is 3. The molecule has 194 valence electrons. The van der Waals surface area contributed by atoms with Gasteiger partial charge in [0.15, 0.2) is 0 Å². The Morgan fingerprint density at radius 2 is 1.35 bits per heavy atom. The number of nitrogens with zero attached hydrogens (tertiary/aromatic N) is 3. The first-order chi connectivity index (χ1) is 15.6. The van der Waals surface area contributed by atoms with Crippen LogP contribution in [0.5, 0.6) is 0 Å². The molecule has 0 unspecified atom stereocenters. The van der Waals surface area contributed by atoms with Crippen molar-refractivity contribution in [3.8, 4) is 0 Å². The lowest BCUT2D eigenvalue weighted by Crippen LogP contribution is -2.54. The van der Waals surface area contributed by atoms with Gasteiger partial charge in [-0.3, -0.25) is 14.9 Å². The molecule has 2 fully saturated rings. The molecule has 0 saturated carbocycles. The first kappa shape index (κ1) is 27.7. The van der Waals surface area contributed by atoms with Crippen LogP contribution >= 0.6 is 0 Å². The highest BCUT2D eigenvalue weighted by Gasteiger charge is 2.51. The second-order valence-electron chi connectivity index (χ2n) is 11.0. The topological polar surface area (TPSA) is 129 Å². The first-order valence-electron chi connectivity index (χ1n) is 11.8. The van der Waals surface area contributed by atoms with E-state index in [1.54, 1.807) is 41.5 Å². The van der Waals surface area contributed by atoms with Crippen molar-refractivity contribution in [3.63, 3.8) is 0 Å². The average molecular weight is 486 g/mol. The standard InChI is InChI=1S/C23H39N3O8/c1-22(2,3)33-20(28)24-12-8-10-16(24)15(14-26(30)31)18(19(27)32-7)17-11-9-13-25(17)21(29)34-23(4,5)6/h15-18H,8-14H2,1-7H3/t15-,16+,17+,18+/m1/s1. The quantitative estimate of drug-likeness (QED) is 0.242. The summed E-state index contributed by atoms with van der Waals surface area (Å²) in [5.74, 6) is -2.48. The summed E-state index contributed by atoms with van der Waals surface area (Å²) in [4.78, 5) is 53.1. The summed E-state index contributed by atoms with van der Waals surface area (Å²) in [6.07, 6.45) is 1.09. The second kappa shape index (κ2) is 10.8. The molecule has 0 spiro atoms. The van der Waals surface area contributed by atoms with Crippen molar-refractivity contribution in [2.45, 2.75) is 90.5 Å². The van der Waals surface area contributed by atoms with Gasteiger partial charge in [0.25, 0.3) is 0 Å². The Kier molecular flexibility index (Phi) is 8.76. The van der Waals surface area contributed by atoms with Crippen molar-refractivity contribution < 1.29 is 33.5 Å². The number of rotatable bonds is 6. The van der Waals surface area contributed by atoms with Crippen molar-refractivity contribution in [2.24, 2.45) is 11.8 Å². The number of amides is 2. The SMILES string of the molecule is COC(=O)[C@@H]([C@H](C[N+](=O)[O-])[C@@H]1CCCN1C(=O)OC(C)(C)C)[C@@H]1CCCN1C(=O)OC(C)(C)C. The highest BCUT2D eigenvalue weighted by atomic mass is 16.6. The fourth-order valence-electron chi connectivity index (χ4n) is 4.90. The number of methoxy groups -OCH3 is 1. The zero-order chi connectivity index (χ0) is 25.8. The Morgan fingerprint density at radius 1 is 0.912 bits per heavy atom. The molecule has 0 bridgehead atoms. The normalized spacial score (nSPS) is 22.8. The molecule has 2 aliphatic rings. The van der Waals surface area contributed by atoms with E-state index in [1.807, 2.05) is 0 Å². The highest BCUT2D eigenvalue weighted by Crippen LogP contribution is 2.38. The molecular weight excluding hydrogens is 446 g/mol. The number of carbonyl (C=O) groups is 3. The van der Waals surface area contributed by atoms with E-state index in [0.717, 1.165) is 0 Å². The molecule has 2 rings (SSSR count). The van der Waals surface area contributed by atoms with Gasteiger partial charge in [0.05, 0.1) is 18.9 Å². The minimum atomic E-state index is -0.988. The van der Waals surface area contributed by atoms with Gasteiger partial charge in [-0.15, -0.1) is 0 Å². The van der Waals surface area contributed by atoms with E-state index in [-0.39, 0.29) is 0 Å². The van der Waals surface area contributed by atoms with Crippen molar-refractivity contribution in [2.75, 3.05) is 26.7 Å². The summed E-state index contributed by atoms with van der Waals surface area (Å²) in [6, 6.07) is -1.22. The lowest BCUT2D eigenvalue weighted by molar-refractivity contribution is -0.491. The third kappa shape index (κ3) is 7.20. The third-order valence-corrected chi connectivity index (χ3v) is 6.06. The number of hydrogen-bond donors (Lipinski definition) is 0. The molecule has 2 heterocycles. The van der Waals surface area contributed by atoms with E-state index in [4.69, 9.17) is 14.2 Å². The van der Waals surface area contributed by atoms with Gasteiger partial charge in [0.2, 0.25) is 6.54 Å². The maximum atomic E-state index is 13.1. The fourth-order valence-corrected chi connectivity index (χ4v) is 4.90. The Bertz CT molecular complexity index is 773. The van der Waals surface area contributed by atoms with Gasteiger partial charge in [0, 0.05) is 30.1 Å². The number of hydrogen-bond acceptors (Lipinski definition) is 8. The molecule has 2 aliphatic heterocycles. The maximum Gasteiger partial charge on any atom is 0.410 e. The lowest BCUT2D eigenvalue weighted by Gasteiger charge is -2.38. The van der Waals surface area contributed by atoms with Crippen LogP contribution < -0.4 is 0 Å². The van der Waals surface area contributed by atoms with Crippen LogP contribution in [0.2, 0.25) is 0 Å². The first-order valence-corrected chi connectivity index (χ1v) is 11.8. The van der Waals surface area contributed by atoms with E-state index in [2.05, 4.69) is 0 Å². The van der Waals surface area contributed by atoms with E-state index < -0.39 is 64.7 Å². The van der Waals surface area contributed by atoms with E-state index in [1.165, 1.54) is 16.9 Å². The van der Waals surface area contributed by atoms with E-state index in [0.29, 0.717) is 38.8 Å². The zero-order valence-electron chi connectivity index (χ0n) is 21.4. The Hall–Kier alpha value is -2.59. The minimum absolute atomic E-state index is 0.374. The van der Waals surface area contributed by atoms with Gasteiger partial charge in [-0.25, -0.2) is 9.59 Å². The van der Waals surface area contributed by atoms with Crippen molar-refractivity contribution in [1.29, 1.82) is 0 Å². The largest absolute Gasteiger partial charge is 0.469 e. The van der Waals surface area contributed by atoms with Crippen LogP contribution in [-0.4, -0.2) is 82.9 Å². The maximum absolute atomic E-state index is 13.1. The Balaban J connectivity index is 2.42. The fraction of sp³-hybridized carbons (Fsp3) is 0.870. The summed E-state index contributed by atoms with van der Waals surface area (Å²) in [5.41, 5.74) is -1.46. The molecule has 0 aromatic carbocycles. The predicted molar refractivity (Wildman–Crippen MR) is 123 cm³/mol. The second-order valence-corrected chi connectivity index (χ2v) is 11.0. The monoisotopic (exact) mass is 485 g/mol.